The van der Waals surface area contributed by atoms with Gasteiger partial charge in [0.05, 0.1) is 28.7 Å². The maximum atomic E-state index is 14.6. The van der Waals surface area contributed by atoms with Gasteiger partial charge in [0.25, 0.3) is 0 Å². The van der Waals surface area contributed by atoms with E-state index in [0.29, 0.717) is 54.7 Å². The lowest BCUT2D eigenvalue weighted by atomic mass is 9.94. The van der Waals surface area contributed by atoms with Gasteiger partial charge in [-0.3, -0.25) is 14.7 Å². The monoisotopic (exact) mass is 637 g/mol. The number of hydrogen-bond donors (Lipinski definition) is 2. The maximum absolute atomic E-state index is 14.6. The van der Waals surface area contributed by atoms with Crippen LogP contribution >= 0.6 is 22.9 Å². The second kappa shape index (κ2) is 12.5. The Morgan fingerprint density at radius 3 is 2.70 bits per heavy atom. The SMILES string of the molecule is CCOC(=O)C1=C(CN2CCN3C(=O)C(c4ccc(C(=O)O)cc4)C[C@@H]3C2)NC(c2nccs2)=N[C@H]1c1cccc(F)c1Cl. The van der Waals surface area contributed by atoms with Crippen LogP contribution in [0.4, 0.5) is 4.39 Å². The Morgan fingerprint density at radius 1 is 1.20 bits per heavy atom. The summed E-state index contributed by atoms with van der Waals surface area (Å²) in [7, 11) is 0. The number of aromatic carboxylic acids is 1. The molecule has 3 aromatic rings. The molecule has 44 heavy (non-hydrogen) atoms. The van der Waals surface area contributed by atoms with Crippen LogP contribution in [0.15, 0.2) is 70.3 Å². The van der Waals surface area contributed by atoms with Crippen molar-refractivity contribution in [1.29, 1.82) is 0 Å². The van der Waals surface area contributed by atoms with Gasteiger partial charge in [0.1, 0.15) is 11.9 Å². The molecular formula is C31H29ClFN5O5S. The van der Waals surface area contributed by atoms with Gasteiger partial charge in [-0.25, -0.2) is 19.0 Å². The summed E-state index contributed by atoms with van der Waals surface area (Å²) in [5, 5.41) is 14.8. The van der Waals surface area contributed by atoms with Gasteiger partial charge in [0, 0.05) is 55.1 Å². The number of aliphatic imine (C=N–C) groups is 1. The van der Waals surface area contributed by atoms with E-state index in [2.05, 4.69) is 15.2 Å². The maximum Gasteiger partial charge on any atom is 0.338 e. The molecule has 2 N–H and O–H groups in total. The van der Waals surface area contributed by atoms with Crippen LogP contribution in [-0.2, 0) is 14.3 Å². The van der Waals surface area contributed by atoms with E-state index in [0.717, 1.165) is 5.56 Å². The van der Waals surface area contributed by atoms with Gasteiger partial charge in [-0.05, 0) is 37.1 Å². The summed E-state index contributed by atoms with van der Waals surface area (Å²) in [6.45, 7) is 3.79. The highest BCUT2D eigenvalue weighted by Gasteiger charge is 2.43. The molecular weight excluding hydrogens is 609 g/mol. The number of amides is 1. The first kappa shape index (κ1) is 29.9. The number of piperazine rings is 1. The first-order chi connectivity index (χ1) is 21.2. The van der Waals surface area contributed by atoms with Crippen molar-refractivity contribution in [2.75, 3.05) is 32.8 Å². The minimum atomic E-state index is -1.01. The van der Waals surface area contributed by atoms with E-state index >= 15 is 0 Å². The molecule has 13 heteroatoms. The lowest BCUT2D eigenvalue weighted by Gasteiger charge is -2.39. The summed E-state index contributed by atoms with van der Waals surface area (Å²) in [6, 6.07) is 9.91. The smallest absolute Gasteiger partial charge is 0.338 e. The highest BCUT2D eigenvalue weighted by molar-refractivity contribution is 7.11. The number of carboxylic acid groups (broad SMARTS) is 1. The highest BCUT2D eigenvalue weighted by Crippen LogP contribution is 2.39. The topological polar surface area (TPSA) is 124 Å². The van der Waals surface area contributed by atoms with E-state index in [-0.39, 0.29) is 40.6 Å². The van der Waals surface area contributed by atoms with Crippen molar-refractivity contribution in [3.63, 3.8) is 0 Å². The molecule has 1 aromatic heterocycles. The van der Waals surface area contributed by atoms with Gasteiger partial charge < -0.3 is 20.1 Å². The van der Waals surface area contributed by atoms with E-state index in [1.807, 2.05) is 10.3 Å². The number of hydrogen-bond acceptors (Lipinski definition) is 9. The molecule has 6 rings (SSSR count). The molecule has 4 heterocycles. The fourth-order valence-corrected chi connectivity index (χ4v) is 6.88. The average Bonchev–Trinajstić information content (AvgIpc) is 3.67. The number of carbonyl (C=O) groups excluding carboxylic acids is 2. The molecule has 2 aromatic carbocycles. The summed E-state index contributed by atoms with van der Waals surface area (Å²) in [5.74, 6) is -2.10. The van der Waals surface area contributed by atoms with Gasteiger partial charge in [0.2, 0.25) is 5.91 Å². The highest BCUT2D eigenvalue weighted by atomic mass is 35.5. The lowest BCUT2D eigenvalue weighted by Crippen LogP contribution is -2.53. The number of nitrogens with one attached hydrogen (secondary N) is 1. The zero-order valence-electron chi connectivity index (χ0n) is 23.7. The molecule has 0 spiro atoms. The Morgan fingerprint density at radius 2 is 2.00 bits per heavy atom. The molecule has 2 saturated heterocycles. The van der Waals surface area contributed by atoms with Crippen molar-refractivity contribution >= 4 is 46.6 Å². The average molecular weight is 638 g/mol. The summed E-state index contributed by atoms with van der Waals surface area (Å²) >= 11 is 7.79. The molecule has 0 radical (unpaired) electrons. The Kier molecular flexibility index (Phi) is 8.48. The van der Waals surface area contributed by atoms with Gasteiger partial charge in [-0.2, -0.15) is 0 Å². The number of amidine groups is 1. The molecule has 3 atom stereocenters. The van der Waals surface area contributed by atoms with Crippen LogP contribution in [-0.4, -0.2) is 82.4 Å². The molecule has 0 aliphatic carbocycles. The molecule has 10 nitrogen and oxygen atoms in total. The Balaban J connectivity index is 1.30. The van der Waals surface area contributed by atoms with Crippen LogP contribution in [0, 0.1) is 5.82 Å². The third kappa shape index (κ3) is 5.72. The zero-order chi connectivity index (χ0) is 31.0. The quantitative estimate of drug-likeness (QED) is 0.352. The molecule has 1 unspecified atom stereocenters. The standard InChI is InChI=1S/C31H29ClFN5O5S/c1-2-43-31(42)24-23(35-27(28-34-10-13-44-28)36-26(24)20-4-3-5-22(33)25(20)32)16-37-11-12-38-19(15-37)14-21(29(38)39)17-6-8-18(9-7-17)30(40)41/h3-10,13,19,21,26H,2,11-12,14-16H2,1H3,(H,35,36)(H,40,41)/t19-,21?,26+/m1/s1. The van der Waals surface area contributed by atoms with Crippen molar-refractivity contribution in [3.8, 4) is 0 Å². The molecule has 3 aliphatic rings. The summed E-state index contributed by atoms with van der Waals surface area (Å²) in [4.78, 5) is 51.3. The summed E-state index contributed by atoms with van der Waals surface area (Å²) < 4.78 is 20.1. The number of fused-ring (bicyclic) bond motifs is 1. The number of carbonyl (C=O) groups is 3. The number of ether oxygens (including phenoxy) is 1. The third-order valence-electron chi connectivity index (χ3n) is 8.13. The largest absolute Gasteiger partial charge is 0.478 e. The van der Waals surface area contributed by atoms with Crippen molar-refractivity contribution in [1.82, 2.24) is 20.1 Å². The number of esters is 1. The zero-order valence-corrected chi connectivity index (χ0v) is 25.3. The minimum Gasteiger partial charge on any atom is -0.478 e. The van der Waals surface area contributed by atoms with Gasteiger partial charge in [-0.1, -0.05) is 35.9 Å². The predicted octanol–water partition coefficient (Wildman–Crippen LogP) is 4.24. The van der Waals surface area contributed by atoms with E-state index in [4.69, 9.17) is 21.3 Å². The summed E-state index contributed by atoms with van der Waals surface area (Å²) in [5.41, 5.74) is 2.09. The van der Waals surface area contributed by atoms with Crippen LogP contribution in [0.1, 0.15) is 51.8 Å². The van der Waals surface area contributed by atoms with E-state index < -0.39 is 23.8 Å². The number of thiazole rings is 1. The second-order valence-corrected chi connectivity index (χ2v) is 12.0. The Bertz CT molecular complexity index is 1660. The fraction of sp³-hybridized carbons (Fsp3) is 0.323. The number of rotatable bonds is 8. The summed E-state index contributed by atoms with van der Waals surface area (Å²) in [6.07, 6.45) is 2.24. The normalized spacial score (nSPS) is 22.0. The van der Waals surface area contributed by atoms with Gasteiger partial charge in [-0.15, -0.1) is 11.3 Å². The lowest BCUT2D eigenvalue weighted by molar-refractivity contribution is -0.139. The van der Waals surface area contributed by atoms with E-state index in [9.17, 15) is 23.9 Å². The van der Waals surface area contributed by atoms with Crippen LogP contribution < -0.4 is 5.32 Å². The van der Waals surface area contributed by atoms with Gasteiger partial charge >= 0.3 is 11.9 Å². The molecule has 0 bridgehead atoms. The van der Waals surface area contributed by atoms with Crippen LogP contribution in [0.25, 0.3) is 0 Å². The second-order valence-electron chi connectivity index (χ2n) is 10.7. The van der Waals surface area contributed by atoms with Crippen molar-refractivity contribution in [2.45, 2.75) is 31.3 Å². The van der Waals surface area contributed by atoms with Crippen LogP contribution in [0.3, 0.4) is 0 Å². The number of benzene rings is 2. The predicted molar refractivity (Wildman–Crippen MR) is 162 cm³/mol. The van der Waals surface area contributed by atoms with Crippen molar-refractivity contribution in [3.05, 3.63) is 97.8 Å². The Hall–Kier alpha value is -4.13. The molecule has 2 fully saturated rings. The number of aromatic nitrogens is 1. The first-order valence-electron chi connectivity index (χ1n) is 14.2. The van der Waals surface area contributed by atoms with E-state index in [1.165, 1.54) is 35.6 Å². The van der Waals surface area contributed by atoms with Crippen LogP contribution in [0.5, 0.6) is 0 Å². The number of halogens is 2. The van der Waals surface area contributed by atoms with Crippen LogP contribution in [0.2, 0.25) is 5.02 Å². The van der Waals surface area contributed by atoms with Crippen molar-refractivity contribution < 1.29 is 28.6 Å². The molecule has 3 aliphatic heterocycles. The van der Waals surface area contributed by atoms with E-state index in [1.54, 1.807) is 31.3 Å². The molecule has 228 valence electrons. The van der Waals surface area contributed by atoms with Crippen molar-refractivity contribution in [2.24, 2.45) is 4.99 Å². The third-order valence-corrected chi connectivity index (χ3v) is 9.31. The molecule has 1 amide bonds. The Labute approximate surface area is 261 Å². The molecule has 0 saturated carbocycles. The first-order valence-corrected chi connectivity index (χ1v) is 15.5. The number of nitrogens with zero attached hydrogens (tertiary/aromatic N) is 4. The minimum absolute atomic E-state index is 0.0268. The number of carboxylic acids is 1. The fourth-order valence-electron chi connectivity index (χ4n) is 6.06. The van der Waals surface area contributed by atoms with Gasteiger partial charge in [0.15, 0.2) is 10.8 Å².